The first-order chi connectivity index (χ1) is 13.7. The van der Waals surface area contributed by atoms with Crippen LogP contribution in [0.1, 0.15) is 36.8 Å². The second-order valence-corrected chi connectivity index (χ2v) is 8.14. The van der Waals surface area contributed by atoms with E-state index < -0.39 is 0 Å². The van der Waals surface area contributed by atoms with Gasteiger partial charge < -0.3 is 9.88 Å². The number of anilines is 1. The van der Waals surface area contributed by atoms with Crippen molar-refractivity contribution in [3.05, 3.63) is 65.9 Å². The van der Waals surface area contributed by atoms with Gasteiger partial charge in [0.2, 0.25) is 5.91 Å². The van der Waals surface area contributed by atoms with Gasteiger partial charge in [-0.25, -0.2) is 0 Å². The number of likely N-dealkylation sites (tertiary alicyclic amines) is 1. The van der Waals surface area contributed by atoms with Crippen molar-refractivity contribution in [3.63, 3.8) is 0 Å². The van der Waals surface area contributed by atoms with E-state index in [0.717, 1.165) is 44.6 Å². The summed E-state index contributed by atoms with van der Waals surface area (Å²) in [7, 11) is 0. The van der Waals surface area contributed by atoms with E-state index >= 15 is 0 Å². The number of rotatable bonds is 3. The summed E-state index contributed by atoms with van der Waals surface area (Å²) in [5.41, 5.74) is 5.05. The maximum absolute atomic E-state index is 13.2. The van der Waals surface area contributed by atoms with Gasteiger partial charge in [-0.3, -0.25) is 9.69 Å². The third-order valence-electron chi connectivity index (χ3n) is 6.65. The van der Waals surface area contributed by atoms with Crippen LogP contribution in [0.4, 0.5) is 5.69 Å². The molecule has 144 valence electrons. The number of fused-ring (bicyclic) bond motifs is 2. The van der Waals surface area contributed by atoms with E-state index in [2.05, 4.69) is 65.5 Å². The predicted molar refractivity (Wildman–Crippen MR) is 114 cm³/mol. The molecule has 1 atom stereocenters. The minimum atomic E-state index is -0.0601. The van der Waals surface area contributed by atoms with Gasteiger partial charge in [-0.05, 0) is 68.5 Å². The van der Waals surface area contributed by atoms with Crippen LogP contribution in [0.5, 0.6) is 0 Å². The molecule has 4 heteroatoms. The topological polar surface area (TPSA) is 39.3 Å². The van der Waals surface area contributed by atoms with Gasteiger partial charge in [0.15, 0.2) is 0 Å². The summed E-state index contributed by atoms with van der Waals surface area (Å²) < 4.78 is 0. The number of para-hydroxylation sites is 2. The lowest BCUT2D eigenvalue weighted by Crippen LogP contribution is -2.49. The van der Waals surface area contributed by atoms with Gasteiger partial charge in [0.1, 0.15) is 0 Å². The Morgan fingerprint density at radius 2 is 1.79 bits per heavy atom. The van der Waals surface area contributed by atoms with Crippen LogP contribution < -0.4 is 4.90 Å². The number of nitrogens with zero attached hydrogens (tertiary/aromatic N) is 2. The highest BCUT2D eigenvalue weighted by atomic mass is 16.2. The molecule has 1 fully saturated rings. The maximum atomic E-state index is 13.2. The molecule has 2 aliphatic heterocycles. The molecular formula is C24H27N3O. The molecule has 1 aromatic heterocycles. The number of hydrogen-bond acceptors (Lipinski definition) is 2. The smallest absolute Gasteiger partial charge is 0.244 e. The molecule has 4 nitrogen and oxygen atoms in total. The van der Waals surface area contributed by atoms with Crippen LogP contribution in [-0.4, -0.2) is 41.5 Å². The monoisotopic (exact) mass is 373 g/mol. The highest BCUT2D eigenvalue weighted by Gasteiger charge is 2.33. The molecule has 2 aromatic carbocycles. The normalized spacial score (nSPS) is 19.1. The Bertz CT molecular complexity index is 1000. The molecule has 3 aromatic rings. The van der Waals surface area contributed by atoms with Crippen LogP contribution in [0, 0.1) is 0 Å². The second kappa shape index (κ2) is 7.10. The fourth-order valence-corrected chi connectivity index (χ4v) is 4.98. The number of benzene rings is 2. The number of carbonyl (C=O) groups excluding carboxylic acids is 1. The maximum Gasteiger partial charge on any atom is 0.244 e. The first-order valence-electron chi connectivity index (χ1n) is 10.4. The fourth-order valence-electron chi connectivity index (χ4n) is 4.98. The third kappa shape index (κ3) is 2.92. The first-order valence-corrected chi connectivity index (χ1v) is 10.4. The number of amides is 1. The Balaban J connectivity index is 1.26. The average Bonchev–Trinajstić information content (AvgIpc) is 3.37. The molecule has 2 aliphatic rings. The Morgan fingerprint density at radius 3 is 2.64 bits per heavy atom. The van der Waals surface area contributed by atoms with Crippen LogP contribution in [0.25, 0.3) is 10.9 Å². The van der Waals surface area contributed by atoms with E-state index in [1.165, 1.54) is 22.0 Å². The summed E-state index contributed by atoms with van der Waals surface area (Å²) in [6.07, 6.45) is 5.37. The highest BCUT2D eigenvalue weighted by molar-refractivity contribution is 5.98. The quantitative estimate of drug-likeness (QED) is 0.742. The zero-order chi connectivity index (χ0) is 19.1. The molecule has 0 radical (unpaired) electrons. The van der Waals surface area contributed by atoms with Crippen LogP contribution in [-0.2, 0) is 11.2 Å². The highest BCUT2D eigenvalue weighted by Crippen LogP contribution is 2.34. The molecule has 28 heavy (non-hydrogen) atoms. The summed E-state index contributed by atoms with van der Waals surface area (Å²) in [5.74, 6) is 0.817. The Hall–Kier alpha value is -2.59. The summed E-state index contributed by atoms with van der Waals surface area (Å²) in [5, 5.41) is 1.35. The molecule has 0 spiro atoms. The standard InChI is InChI=1S/C24H27N3O/c1-17(24(28)27-15-12-19-6-2-5-9-23(19)27)26-13-10-18(11-14-26)21-16-25-22-8-4-3-7-20(21)22/h2-9,16-18,25H,10-15H2,1H3/t17-/m1/s1. The van der Waals surface area contributed by atoms with Crippen LogP contribution >= 0.6 is 0 Å². The number of carbonyl (C=O) groups is 1. The molecule has 0 bridgehead atoms. The summed E-state index contributed by atoms with van der Waals surface area (Å²) in [6, 6.07) is 16.8. The molecular weight excluding hydrogens is 346 g/mol. The van der Waals surface area contributed by atoms with Crippen LogP contribution in [0.3, 0.4) is 0 Å². The number of aromatic amines is 1. The van der Waals surface area contributed by atoms with Gasteiger partial charge in [-0.1, -0.05) is 36.4 Å². The Morgan fingerprint density at radius 1 is 1.04 bits per heavy atom. The van der Waals surface area contributed by atoms with E-state index in [0.29, 0.717) is 5.92 Å². The van der Waals surface area contributed by atoms with E-state index in [4.69, 9.17) is 0 Å². The Labute approximate surface area is 166 Å². The number of hydrogen-bond donors (Lipinski definition) is 1. The van der Waals surface area contributed by atoms with Crippen molar-refractivity contribution in [2.45, 2.75) is 38.1 Å². The molecule has 1 saturated heterocycles. The summed E-state index contributed by atoms with van der Waals surface area (Å²) in [6.45, 7) is 4.85. The molecule has 3 heterocycles. The number of nitrogens with one attached hydrogen (secondary N) is 1. The Kier molecular flexibility index (Phi) is 4.44. The van der Waals surface area contributed by atoms with Gasteiger partial charge in [0, 0.05) is 29.3 Å². The third-order valence-corrected chi connectivity index (χ3v) is 6.65. The number of piperidine rings is 1. The van der Waals surface area contributed by atoms with E-state index in [9.17, 15) is 4.79 Å². The molecule has 1 N–H and O–H groups in total. The molecule has 0 saturated carbocycles. The van der Waals surface area contributed by atoms with Gasteiger partial charge in [0.05, 0.1) is 6.04 Å². The zero-order valence-corrected chi connectivity index (χ0v) is 16.4. The first kappa shape index (κ1) is 17.5. The number of H-pyrrole nitrogens is 1. The summed E-state index contributed by atoms with van der Waals surface area (Å²) in [4.78, 5) is 20.9. The van der Waals surface area contributed by atoms with Crippen LogP contribution in [0.2, 0.25) is 0 Å². The number of aromatic nitrogens is 1. The zero-order valence-electron chi connectivity index (χ0n) is 16.4. The van der Waals surface area contributed by atoms with Gasteiger partial charge in [-0.2, -0.15) is 0 Å². The van der Waals surface area contributed by atoms with Crippen molar-refractivity contribution in [3.8, 4) is 0 Å². The molecule has 5 rings (SSSR count). The van der Waals surface area contributed by atoms with Crippen molar-refractivity contribution in [2.24, 2.45) is 0 Å². The van der Waals surface area contributed by atoms with Gasteiger partial charge in [0.25, 0.3) is 0 Å². The lowest BCUT2D eigenvalue weighted by Gasteiger charge is -2.36. The average molecular weight is 374 g/mol. The minimum Gasteiger partial charge on any atom is -0.361 e. The van der Waals surface area contributed by atoms with E-state index in [1.807, 2.05) is 11.0 Å². The fraction of sp³-hybridized carbons (Fsp3) is 0.375. The molecule has 1 amide bonds. The lowest BCUT2D eigenvalue weighted by atomic mass is 9.88. The van der Waals surface area contributed by atoms with Gasteiger partial charge in [-0.15, -0.1) is 0 Å². The van der Waals surface area contributed by atoms with E-state index in [-0.39, 0.29) is 11.9 Å². The summed E-state index contributed by atoms with van der Waals surface area (Å²) >= 11 is 0. The van der Waals surface area contributed by atoms with Crippen molar-refractivity contribution in [1.29, 1.82) is 0 Å². The van der Waals surface area contributed by atoms with Gasteiger partial charge >= 0.3 is 0 Å². The SMILES string of the molecule is C[C@H](C(=O)N1CCc2ccccc21)N1CCC(c2c[nH]c3ccccc23)CC1. The molecule has 0 aliphatic carbocycles. The second-order valence-electron chi connectivity index (χ2n) is 8.14. The van der Waals surface area contributed by atoms with Crippen molar-refractivity contribution >= 4 is 22.5 Å². The molecule has 0 unspecified atom stereocenters. The van der Waals surface area contributed by atoms with Crippen LogP contribution in [0.15, 0.2) is 54.7 Å². The van der Waals surface area contributed by atoms with Crippen molar-refractivity contribution in [2.75, 3.05) is 24.5 Å². The lowest BCUT2D eigenvalue weighted by molar-refractivity contribution is -0.123. The van der Waals surface area contributed by atoms with E-state index in [1.54, 1.807) is 0 Å². The minimum absolute atomic E-state index is 0.0601. The largest absolute Gasteiger partial charge is 0.361 e. The van der Waals surface area contributed by atoms with Crippen molar-refractivity contribution < 1.29 is 4.79 Å². The van der Waals surface area contributed by atoms with Crippen molar-refractivity contribution in [1.82, 2.24) is 9.88 Å². The predicted octanol–water partition coefficient (Wildman–Crippen LogP) is 4.33.